The van der Waals surface area contributed by atoms with Crippen molar-refractivity contribution in [3.05, 3.63) is 90.5 Å². The van der Waals surface area contributed by atoms with Crippen LogP contribution in [0.5, 0.6) is 0 Å². The van der Waals surface area contributed by atoms with Crippen molar-refractivity contribution in [3.8, 4) is 44.2 Å². The lowest BCUT2D eigenvalue weighted by molar-refractivity contribution is 0.786. The third-order valence-electron chi connectivity index (χ3n) is 5.30. The number of tetrazole rings is 2. The molecule has 9 nitrogen and oxygen atoms in total. The van der Waals surface area contributed by atoms with Gasteiger partial charge in [0, 0.05) is 16.7 Å². The second-order valence-corrected chi connectivity index (χ2v) is 8.53. The van der Waals surface area contributed by atoms with E-state index in [1.165, 1.54) is 11.3 Å². The largest absolute Gasteiger partial charge is 0.216 e. The standard InChI is InChI=1S/C24H17N9S/c1-16-12-14-19(15-13-16)22-27-29-31-33(22)24-25-20(17-8-4-2-5-9-17)23(34-24)32-21(26-28-30-32)18-10-6-3-7-11-18/h2-15H,1H3. The van der Waals surface area contributed by atoms with Gasteiger partial charge in [0.15, 0.2) is 16.6 Å². The first kappa shape index (κ1) is 20.1. The molecule has 164 valence electrons. The van der Waals surface area contributed by atoms with Gasteiger partial charge in [-0.1, -0.05) is 102 Å². The predicted octanol–water partition coefficient (Wildman–Crippen LogP) is 4.40. The highest BCUT2D eigenvalue weighted by Crippen LogP contribution is 2.35. The minimum absolute atomic E-state index is 0.611. The average Bonchev–Trinajstić information content (AvgIpc) is 3.64. The van der Waals surface area contributed by atoms with Gasteiger partial charge in [0.1, 0.15) is 5.69 Å². The van der Waals surface area contributed by atoms with E-state index in [-0.39, 0.29) is 0 Å². The van der Waals surface area contributed by atoms with E-state index < -0.39 is 0 Å². The van der Waals surface area contributed by atoms with E-state index in [2.05, 4.69) is 31.1 Å². The lowest BCUT2D eigenvalue weighted by atomic mass is 10.1. The Morgan fingerprint density at radius 2 is 1.18 bits per heavy atom. The van der Waals surface area contributed by atoms with Crippen LogP contribution >= 0.6 is 11.3 Å². The molecule has 0 fully saturated rings. The molecule has 0 aliphatic heterocycles. The third kappa shape index (κ3) is 3.55. The average molecular weight is 464 g/mol. The fraction of sp³-hybridized carbons (Fsp3) is 0.0417. The van der Waals surface area contributed by atoms with Crippen molar-refractivity contribution in [2.45, 2.75) is 6.92 Å². The summed E-state index contributed by atoms with van der Waals surface area (Å²) in [6.45, 7) is 2.04. The molecule has 0 saturated carbocycles. The maximum atomic E-state index is 4.94. The molecule has 0 amide bonds. The van der Waals surface area contributed by atoms with E-state index in [1.807, 2.05) is 91.9 Å². The molecule has 3 aromatic heterocycles. The monoisotopic (exact) mass is 463 g/mol. The number of thiazole rings is 1. The van der Waals surface area contributed by atoms with Crippen LogP contribution in [0.2, 0.25) is 0 Å². The summed E-state index contributed by atoms with van der Waals surface area (Å²) in [5.74, 6) is 1.24. The molecule has 6 rings (SSSR count). The van der Waals surface area contributed by atoms with Crippen LogP contribution in [0.1, 0.15) is 5.56 Å². The Morgan fingerprint density at radius 1 is 0.618 bits per heavy atom. The van der Waals surface area contributed by atoms with Crippen molar-refractivity contribution in [1.82, 2.24) is 45.4 Å². The molecular formula is C24H17N9S. The van der Waals surface area contributed by atoms with Gasteiger partial charge in [-0.2, -0.15) is 9.36 Å². The summed E-state index contributed by atoms with van der Waals surface area (Å²) < 4.78 is 3.37. The van der Waals surface area contributed by atoms with Gasteiger partial charge in [0.2, 0.25) is 5.13 Å². The summed E-state index contributed by atoms with van der Waals surface area (Å²) in [6.07, 6.45) is 0. The zero-order valence-corrected chi connectivity index (χ0v) is 18.8. The van der Waals surface area contributed by atoms with Gasteiger partial charge in [-0.25, -0.2) is 4.98 Å². The highest BCUT2D eigenvalue weighted by atomic mass is 32.1. The molecule has 0 saturated heterocycles. The molecule has 0 N–H and O–H groups in total. The summed E-state index contributed by atoms with van der Waals surface area (Å²) >= 11 is 1.42. The Labute approximate surface area is 198 Å². The van der Waals surface area contributed by atoms with Crippen molar-refractivity contribution in [2.75, 3.05) is 0 Å². The SMILES string of the molecule is Cc1ccc(-c2nnnn2-c2nc(-c3ccccc3)c(-n3nnnc3-c3ccccc3)s2)cc1. The third-order valence-corrected chi connectivity index (χ3v) is 6.31. The zero-order valence-electron chi connectivity index (χ0n) is 18.0. The van der Waals surface area contributed by atoms with Gasteiger partial charge < -0.3 is 0 Å². The summed E-state index contributed by atoms with van der Waals surface area (Å²) in [4.78, 5) is 4.94. The molecule has 6 aromatic rings. The molecule has 3 heterocycles. The van der Waals surface area contributed by atoms with E-state index in [1.54, 1.807) is 9.36 Å². The molecular weight excluding hydrogens is 446 g/mol. The molecule has 0 unspecified atom stereocenters. The van der Waals surface area contributed by atoms with Crippen molar-refractivity contribution in [1.29, 1.82) is 0 Å². The quantitative estimate of drug-likeness (QED) is 0.373. The number of aromatic nitrogens is 9. The maximum Gasteiger partial charge on any atom is 0.216 e. The minimum atomic E-state index is 0.611. The van der Waals surface area contributed by atoms with Gasteiger partial charge in [-0.05, 0) is 27.8 Å². The first-order valence-electron chi connectivity index (χ1n) is 10.5. The number of rotatable bonds is 5. The lowest BCUT2D eigenvalue weighted by Gasteiger charge is -2.04. The highest BCUT2D eigenvalue weighted by Gasteiger charge is 2.23. The highest BCUT2D eigenvalue weighted by molar-refractivity contribution is 7.17. The predicted molar refractivity (Wildman–Crippen MR) is 129 cm³/mol. The van der Waals surface area contributed by atoms with Crippen LogP contribution in [0.25, 0.3) is 44.2 Å². The Kier molecular flexibility index (Phi) is 4.96. The van der Waals surface area contributed by atoms with Crippen molar-refractivity contribution in [3.63, 3.8) is 0 Å². The van der Waals surface area contributed by atoms with Crippen LogP contribution in [0.15, 0.2) is 84.9 Å². The van der Waals surface area contributed by atoms with Crippen LogP contribution in [0.4, 0.5) is 0 Å². The summed E-state index contributed by atoms with van der Waals surface area (Å²) in [7, 11) is 0. The second-order valence-electron chi connectivity index (χ2n) is 7.58. The molecule has 34 heavy (non-hydrogen) atoms. The van der Waals surface area contributed by atoms with E-state index in [0.29, 0.717) is 16.8 Å². The zero-order chi connectivity index (χ0) is 22.9. The summed E-state index contributed by atoms with van der Waals surface area (Å²) in [5.41, 5.74) is 4.66. The fourth-order valence-corrected chi connectivity index (χ4v) is 4.60. The molecule has 0 aliphatic carbocycles. The van der Waals surface area contributed by atoms with Crippen LogP contribution < -0.4 is 0 Å². The molecule has 0 bridgehead atoms. The number of aryl methyl sites for hydroxylation is 1. The van der Waals surface area contributed by atoms with Crippen LogP contribution in [-0.4, -0.2) is 45.4 Å². The van der Waals surface area contributed by atoms with Gasteiger partial charge >= 0.3 is 0 Å². The Balaban J connectivity index is 1.53. The van der Waals surface area contributed by atoms with Crippen molar-refractivity contribution >= 4 is 11.3 Å². The van der Waals surface area contributed by atoms with Crippen molar-refractivity contribution in [2.24, 2.45) is 0 Å². The van der Waals surface area contributed by atoms with Gasteiger partial charge in [-0.15, -0.1) is 10.2 Å². The van der Waals surface area contributed by atoms with Gasteiger partial charge in [-0.3, -0.25) is 0 Å². The van der Waals surface area contributed by atoms with E-state index >= 15 is 0 Å². The van der Waals surface area contributed by atoms with Crippen LogP contribution in [0.3, 0.4) is 0 Å². The number of benzene rings is 3. The Morgan fingerprint density at radius 3 is 1.85 bits per heavy atom. The normalized spacial score (nSPS) is 11.1. The first-order valence-corrected chi connectivity index (χ1v) is 11.4. The Hall–Kier alpha value is -4.57. The first-order chi connectivity index (χ1) is 16.8. The Bertz CT molecular complexity index is 1550. The minimum Gasteiger partial charge on any atom is -0.216 e. The van der Waals surface area contributed by atoms with E-state index in [9.17, 15) is 0 Å². The van der Waals surface area contributed by atoms with Gasteiger partial charge in [0.05, 0.1) is 0 Å². The van der Waals surface area contributed by atoms with Gasteiger partial charge in [0.25, 0.3) is 0 Å². The molecule has 10 heteroatoms. The molecule has 0 spiro atoms. The van der Waals surface area contributed by atoms with E-state index in [0.717, 1.165) is 32.9 Å². The summed E-state index contributed by atoms with van der Waals surface area (Å²) in [6, 6.07) is 27.8. The topological polar surface area (TPSA) is 100 Å². The van der Waals surface area contributed by atoms with Crippen LogP contribution in [0, 0.1) is 6.92 Å². The fourth-order valence-electron chi connectivity index (χ4n) is 3.61. The number of nitrogens with zero attached hydrogens (tertiary/aromatic N) is 9. The van der Waals surface area contributed by atoms with E-state index in [4.69, 9.17) is 4.98 Å². The molecule has 3 aromatic carbocycles. The molecule has 0 aliphatic rings. The maximum absolute atomic E-state index is 4.94. The number of hydrogen-bond acceptors (Lipinski definition) is 8. The molecule has 0 atom stereocenters. The summed E-state index contributed by atoms with van der Waals surface area (Å²) in [5, 5.41) is 26.3. The number of hydrogen-bond donors (Lipinski definition) is 0. The second kappa shape index (κ2) is 8.41. The van der Waals surface area contributed by atoms with Crippen LogP contribution in [-0.2, 0) is 0 Å². The lowest BCUT2D eigenvalue weighted by Crippen LogP contribution is -1.99. The van der Waals surface area contributed by atoms with Crippen molar-refractivity contribution < 1.29 is 0 Å². The molecule has 0 radical (unpaired) electrons. The smallest absolute Gasteiger partial charge is 0.216 e.